The van der Waals surface area contributed by atoms with E-state index in [9.17, 15) is 0 Å². The van der Waals surface area contributed by atoms with E-state index in [-0.39, 0.29) is 0 Å². The summed E-state index contributed by atoms with van der Waals surface area (Å²) in [4.78, 5) is 4.45. The molecule has 0 radical (unpaired) electrons. The summed E-state index contributed by atoms with van der Waals surface area (Å²) in [6, 6.07) is 1.04. The van der Waals surface area contributed by atoms with Gasteiger partial charge in [0, 0.05) is 38.2 Å². The molecule has 1 heterocycles. The van der Waals surface area contributed by atoms with Gasteiger partial charge in [-0.2, -0.15) is 0 Å². The number of methoxy groups -OCH3 is 1. The molecule has 0 aromatic carbocycles. The molecule has 0 spiro atoms. The van der Waals surface area contributed by atoms with Crippen molar-refractivity contribution in [2.24, 2.45) is 0 Å². The zero-order chi connectivity index (χ0) is 12.8. The van der Waals surface area contributed by atoms with Gasteiger partial charge in [0.1, 0.15) is 0 Å². The van der Waals surface area contributed by atoms with Crippen molar-refractivity contribution in [2.75, 3.05) is 19.0 Å². The Balaban J connectivity index is 1.93. The Hall–Kier alpha value is -1.03. The van der Waals surface area contributed by atoms with Crippen molar-refractivity contribution in [1.82, 2.24) is 9.55 Å². The Kier molecular flexibility index (Phi) is 5.05. The molecule has 1 atom stereocenters. The molecule has 0 saturated heterocycles. The lowest BCUT2D eigenvalue weighted by atomic mass is 9.96. The average Bonchev–Trinajstić information content (AvgIpc) is 2.85. The molecule has 1 aliphatic carbocycles. The molecule has 102 valence electrons. The maximum atomic E-state index is 5.15. The van der Waals surface area contributed by atoms with E-state index in [1.165, 1.54) is 32.1 Å². The molecule has 2 rings (SSSR count). The Morgan fingerprint density at radius 1 is 1.44 bits per heavy atom. The number of anilines is 1. The van der Waals surface area contributed by atoms with Crippen LogP contribution in [0.4, 0.5) is 5.95 Å². The number of rotatable bonds is 6. The number of nitrogens with one attached hydrogen (secondary N) is 1. The van der Waals surface area contributed by atoms with Crippen molar-refractivity contribution < 1.29 is 4.74 Å². The molecular weight excluding hydrogens is 226 g/mol. The molecular formula is C14H25N3O. The number of imidazole rings is 1. The van der Waals surface area contributed by atoms with E-state index >= 15 is 0 Å². The average molecular weight is 251 g/mol. The molecule has 0 amide bonds. The smallest absolute Gasteiger partial charge is 0.203 e. The standard InChI is InChI=1S/C14H25N3O/c1-12(8-11-18-2)17-10-9-15-14(17)16-13-6-4-3-5-7-13/h9-10,12-13H,3-8,11H2,1-2H3,(H,15,16). The summed E-state index contributed by atoms with van der Waals surface area (Å²) in [6.45, 7) is 3.01. The lowest BCUT2D eigenvalue weighted by molar-refractivity contribution is 0.181. The predicted molar refractivity (Wildman–Crippen MR) is 73.9 cm³/mol. The topological polar surface area (TPSA) is 39.1 Å². The van der Waals surface area contributed by atoms with Crippen LogP contribution in [0.2, 0.25) is 0 Å². The van der Waals surface area contributed by atoms with E-state index in [0.29, 0.717) is 12.1 Å². The molecule has 1 N–H and O–H groups in total. The van der Waals surface area contributed by atoms with E-state index < -0.39 is 0 Å². The maximum absolute atomic E-state index is 5.15. The van der Waals surface area contributed by atoms with Gasteiger partial charge in [-0.1, -0.05) is 19.3 Å². The fourth-order valence-electron chi connectivity index (χ4n) is 2.64. The van der Waals surface area contributed by atoms with E-state index in [0.717, 1.165) is 19.0 Å². The zero-order valence-corrected chi connectivity index (χ0v) is 11.6. The van der Waals surface area contributed by atoms with Gasteiger partial charge < -0.3 is 14.6 Å². The van der Waals surface area contributed by atoms with Crippen molar-refractivity contribution in [3.8, 4) is 0 Å². The molecule has 1 aliphatic rings. The van der Waals surface area contributed by atoms with Crippen LogP contribution in [0.25, 0.3) is 0 Å². The minimum Gasteiger partial charge on any atom is -0.385 e. The third kappa shape index (κ3) is 3.48. The molecule has 1 unspecified atom stereocenters. The maximum Gasteiger partial charge on any atom is 0.203 e. The number of hydrogen-bond acceptors (Lipinski definition) is 3. The third-order valence-electron chi connectivity index (χ3n) is 3.82. The van der Waals surface area contributed by atoms with Crippen LogP contribution in [0, 0.1) is 0 Å². The van der Waals surface area contributed by atoms with Crippen LogP contribution in [0.1, 0.15) is 51.5 Å². The molecule has 1 aromatic heterocycles. The highest BCUT2D eigenvalue weighted by Crippen LogP contribution is 2.23. The highest BCUT2D eigenvalue weighted by Gasteiger charge is 2.16. The second kappa shape index (κ2) is 6.78. The summed E-state index contributed by atoms with van der Waals surface area (Å²) >= 11 is 0. The quantitative estimate of drug-likeness (QED) is 0.843. The highest BCUT2D eigenvalue weighted by molar-refractivity contribution is 5.28. The first kappa shape index (κ1) is 13.4. The SMILES string of the molecule is COCCC(C)n1ccnc1NC1CCCCC1. The molecule has 1 saturated carbocycles. The van der Waals surface area contributed by atoms with Crippen molar-refractivity contribution in [3.63, 3.8) is 0 Å². The lowest BCUT2D eigenvalue weighted by Gasteiger charge is -2.25. The normalized spacial score (nSPS) is 18.8. The van der Waals surface area contributed by atoms with Gasteiger partial charge >= 0.3 is 0 Å². The van der Waals surface area contributed by atoms with Crippen LogP contribution in [0.3, 0.4) is 0 Å². The second-order valence-electron chi connectivity index (χ2n) is 5.27. The van der Waals surface area contributed by atoms with Gasteiger partial charge in [-0.3, -0.25) is 0 Å². The van der Waals surface area contributed by atoms with Gasteiger partial charge in [-0.25, -0.2) is 4.98 Å². The Morgan fingerprint density at radius 3 is 2.94 bits per heavy atom. The lowest BCUT2D eigenvalue weighted by Crippen LogP contribution is -2.25. The van der Waals surface area contributed by atoms with Crippen LogP contribution in [-0.4, -0.2) is 29.3 Å². The van der Waals surface area contributed by atoms with Gasteiger partial charge in [-0.05, 0) is 26.2 Å². The summed E-state index contributed by atoms with van der Waals surface area (Å²) in [5.41, 5.74) is 0. The fourth-order valence-corrected chi connectivity index (χ4v) is 2.64. The molecule has 0 bridgehead atoms. The van der Waals surface area contributed by atoms with E-state index in [2.05, 4.69) is 28.0 Å². The van der Waals surface area contributed by atoms with Crippen molar-refractivity contribution in [2.45, 2.75) is 57.5 Å². The van der Waals surface area contributed by atoms with Gasteiger partial charge in [-0.15, -0.1) is 0 Å². The number of nitrogens with zero attached hydrogens (tertiary/aromatic N) is 2. The van der Waals surface area contributed by atoms with E-state index in [4.69, 9.17) is 4.74 Å². The number of hydrogen-bond donors (Lipinski definition) is 1. The van der Waals surface area contributed by atoms with Crippen molar-refractivity contribution >= 4 is 5.95 Å². The minimum absolute atomic E-state index is 0.429. The van der Waals surface area contributed by atoms with Crippen LogP contribution in [0.5, 0.6) is 0 Å². The highest BCUT2D eigenvalue weighted by atomic mass is 16.5. The summed E-state index contributed by atoms with van der Waals surface area (Å²) < 4.78 is 7.38. The molecule has 1 fully saturated rings. The van der Waals surface area contributed by atoms with Crippen molar-refractivity contribution in [3.05, 3.63) is 12.4 Å². The number of aromatic nitrogens is 2. The van der Waals surface area contributed by atoms with Gasteiger partial charge in [0.25, 0.3) is 0 Å². The zero-order valence-electron chi connectivity index (χ0n) is 11.6. The first-order chi connectivity index (χ1) is 8.81. The van der Waals surface area contributed by atoms with Gasteiger partial charge in [0.2, 0.25) is 5.95 Å². The Labute approximate surface area is 110 Å². The minimum atomic E-state index is 0.429. The predicted octanol–water partition coefficient (Wildman–Crippen LogP) is 3.23. The second-order valence-corrected chi connectivity index (χ2v) is 5.27. The molecule has 4 nitrogen and oxygen atoms in total. The van der Waals surface area contributed by atoms with Crippen molar-refractivity contribution in [1.29, 1.82) is 0 Å². The van der Waals surface area contributed by atoms with Crippen LogP contribution in [-0.2, 0) is 4.74 Å². The monoisotopic (exact) mass is 251 g/mol. The van der Waals surface area contributed by atoms with Crippen LogP contribution < -0.4 is 5.32 Å². The largest absolute Gasteiger partial charge is 0.385 e. The summed E-state index contributed by atoms with van der Waals surface area (Å²) in [5, 5.41) is 3.60. The Morgan fingerprint density at radius 2 is 2.22 bits per heavy atom. The van der Waals surface area contributed by atoms with E-state index in [1.807, 2.05) is 6.20 Å². The molecule has 4 heteroatoms. The van der Waals surface area contributed by atoms with Gasteiger partial charge in [0.05, 0.1) is 0 Å². The summed E-state index contributed by atoms with van der Waals surface area (Å²) in [5.74, 6) is 1.02. The first-order valence-electron chi connectivity index (χ1n) is 7.09. The first-order valence-corrected chi connectivity index (χ1v) is 7.09. The van der Waals surface area contributed by atoms with E-state index in [1.54, 1.807) is 7.11 Å². The third-order valence-corrected chi connectivity index (χ3v) is 3.82. The van der Waals surface area contributed by atoms with Gasteiger partial charge in [0.15, 0.2) is 0 Å². The molecule has 0 aliphatic heterocycles. The molecule has 1 aromatic rings. The fraction of sp³-hybridized carbons (Fsp3) is 0.786. The Bertz CT molecular complexity index is 345. The molecule has 18 heavy (non-hydrogen) atoms. The van der Waals surface area contributed by atoms with Crippen LogP contribution in [0.15, 0.2) is 12.4 Å². The number of ether oxygens (including phenoxy) is 1. The summed E-state index contributed by atoms with van der Waals surface area (Å²) in [6.07, 6.45) is 11.6. The summed E-state index contributed by atoms with van der Waals surface area (Å²) in [7, 11) is 1.75. The van der Waals surface area contributed by atoms with Crippen LogP contribution >= 0.6 is 0 Å².